The van der Waals surface area contributed by atoms with E-state index in [-0.39, 0.29) is 5.96 Å². The summed E-state index contributed by atoms with van der Waals surface area (Å²) in [6.45, 7) is 0. The molecule has 0 radical (unpaired) electrons. The number of nitrogens with zero attached hydrogens (tertiary/aromatic N) is 2. The average molecular weight is 181 g/mol. The van der Waals surface area contributed by atoms with E-state index in [9.17, 15) is 0 Å². The van der Waals surface area contributed by atoms with Crippen LogP contribution in [0.4, 0.5) is 0 Å². The van der Waals surface area contributed by atoms with Crippen LogP contribution in [-0.2, 0) is 0 Å². The van der Waals surface area contributed by atoms with Crippen molar-refractivity contribution in [3.8, 4) is 0 Å². The van der Waals surface area contributed by atoms with Gasteiger partial charge in [-0.15, -0.1) is 0 Å². The van der Waals surface area contributed by atoms with Gasteiger partial charge in [0.25, 0.3) is 0 Å². The van der Waals surface area contributed by atoms with Gasteiger partial charge in [0.1, 0.15) is 0 Å². The molecule has 0 spiro atoms. The van der Waals surface area contributed by atoms with E-state index < -0.39 is 0 Å². The molecule has 0 aromatic rings. The van der Waals surface area contributed by atoms with Crippen molar-refractivity contribution >= 4 is 11.9 Å². The number of rotatable bonds is 0. The summed E-state index contributed by atoms with van der Waals surface area (Å²) in [5, 5.41) is 3.23. The van der Waals surface area contributed by atoms with Gasteiger partial charge in [0.05, 0.1) is 12.1 Å². The first-order chi connectivity index (χ1) is 6.25. The highest BCUT2D eigenvalue weighted by Gasteiger charge is 2.30. The Morgan fingerprint density at radius 2 is 2.15 bits per heavy atom. The quantitative estimate of drug-likeness (QED) is 0.348. The van der Waals surface area contributed by atoms with E-state index in [1.165, 1.54) is 19.3 Å². The van der Waals surface area contributed by atoms with Crippen LogP contribution >= 0.6 is 0 Å². The van der Waals surface area contributed by atoms with Crippen molar-refractivity contribution in [2.24, 2.45) is 21.5 Å². The largest absolute Gasteiger partial charge is 0.370 e. The molecule has 0 unspecified atom stereocenters. The number of fused-ring (bicyclic) bond motifs is 1. The molecule has 1 aliphatic heterocycles. The Hall–Kier alpha value is -1.26. The van der Waals surface area contributed by atoms with Crippen molar-refractivity contribution in [2.75, 3.05) is 0 Å². The summed E-state index contributed by atoms with van der Waals surface area (Å²) in [7, 11) is 0. The number of guanidine groups is 2. The predicted molar refractivity (Wildman–Crippen MR) is 52.4 cm³/mol. The van der Waals surface area contributed by atoms with E-state index in [1.807, 2.05) is 0 Å². The molecule has 1 heterocycles. The van der Waals surface area contributed by atoms with Crippen LogP contribution in [0.25, 0.3) is 0 Å². The van der Waals surface area contributed by atoms with Crippen molar-refractivity contribution < 1.29 is 0 Å². The molecule has 0 aromatic heterocycles. The lowest BCUT2D eigenvalue weighted by atomic mass is 9.92. The second-order valence-corrected chi connectivity index (χ2v) is 3.59. The van der Waals surface area contributed by atoms with Crippen molar-refractivity contribution in [2.45, 2.75) is 37.8 Å². The maximum Gasteiger partial charge on any atom is 0.221 e. The molecule has 0 saturated heterocycles. The van der Waals surface area contributed by atoms with Crippen molar-refractivity contribution in [1.29, 1.82) is 0 Å². The standard InChI is InChI=1S/C8H15N5/c9-7(10)13-8-11-5-3-1-2-4-6(5)12-8/h5-6H,1-4H2,(H5,9,10,11,12,13)/t5-,6-/m0/s1. The smallest absolute Gasteiger partial charge is 0.221 e. The Labute approximate surface area is 77.3 Å². The van der Waals surface area contributed by atoms with Gasteiger partial charge < -0.3 is 16.8 Å². The fourth-order valence-electron chi connectivity index (χ4n) is 1.98. The summed E-state index contributed by atoms with van der Waals surface area (Å²) < 4.78 is 0. The van der Waals surface area contributed by atoms with Crippen molar-refractivity contribution in [1.82, 2.24) is 5.32 Å². The molecule has 2 rings (SSSR count). The van der Waals surface area contributed by atoms with Gasteiger partial charge in [0.2, 0.25) is 5.96 Å². The highest BCUT2D eigenvalue weighted by molar-refractivity contribution is 5.94. The monoisotopic (exact) mass is 181 g/mol. The summed E-state index contributed by atoms with van der Waals surface area (Å²) in [5.74, 6) is 0.682. The number of aliphatic imine (C=N–C) groups is 2. The zero-order valence-electron chi connectivity index (χ0n) is 7.53. The molecule has 2 aliphatic rings. The Kier molecular flexibility index (Phi) is 2.08. The van der Waals surface area contributed by atoms with Crippen LogP contribution in [0.3, 0.4) is 0 Å². The zero-order valence-corrected chi connectivity index (χ0v) is 7.53. The van der Waals surface area contributed by atoms with Gasteiger partial charge in [0, 0.05) is 0 Å². The number of nitrogens with one attached hydrogen (secondary N) is 1. The molecule has 2 atom stereocenters. The molecule has 1 aliphatic carbocycles. The van der Waals surface area contributed by atoms with Crippen LogP contribution in [0.15, 0.2) is 9.98 Å². The van der Waals surface area contributed by atoms with E-state index in [2.05, 4.69) is 15.3 Å². The van der Waals surface area contributed by atoms with Crippen LogP contribution in [0.5, 0.6) is 0 Å². The zero-order chi connectivity index (χ0) is 9.26. The molecule has 5 nitrogen and oxygen atoms in total. The lowest BCUT2D eigenvalue weighted by Gasteiger charge is -2.22. The Balaban J connectivity index is 2.05. The third-order valence-electron chi connectivity index (χ3n) is 2.57. The summed E-state index contributed by atoms with van der Waals surface area (Å²) in [4.78, 5) is 8.32. The highest BCUT2D eigenvalue weighted by atomic mass is 15.2. The number of nitrogens with two attached hydrogens (primary N) is 2. The number of hydrogen-bond donors (Lipinski definition) is 3. The molecule has 72 valence electrons. The van der Waals surface area contributed by atoms with Gasteiger partial charge in [-0.05, 0) is 12.8 Å². The minimum Gasteiger partial charge on any atom is -0.370 e. The maximum atomic E-state index is 5.27. The molecule has 1 saturated carbocycles. The topological polar surface area (TPSA) is 88.8 Å². The second kappa shape index (κ2) is 3.24. The minimum atomic E-state index is 0.0740. The van der Waals surface area contributed by atoms with Crippen LogP contribution in [-0.4, -0.2) is 24.0 Å². The molecule has 5 heteroatoms. The predicted octanol–water partition coefficient (Wildman–Crippen LogP) is -0.470. The normalized spacial score (nSPS) is 31.5. The summed E-state index contributed by atoms with van der Waals surface area (Å²) in [6.07, 6.45) is 4.87. The van der Waals surface area contributed by atoms with Crippen LogP contribution < -0.4 is 16.8 Å². The van der Waals surface area contributed by atoms with E-state index in [0.29, 0.717) is 18.0 Å². The first-order valence-electron chi connectivity index (χ1n) is 4.69. The third kappa shape index (κ3) is 1.74. The molecule has 13 heavy (non-hydrogen) atoms. The maximum absolute atomic E-state index is 5.27. The summed E-state index contributed by atoms with van der Waals surface area (Å²) >= 11 is 0. The van der Waals surface area contributed by atoms with Crippen molar-refractivity contribution in [3.63, 3.8) is 0 Å². The first-order valence-corrected chi connectivity index (χ1v) is 4.69. The fraction of sp³-hybridized carbons (Fsp3) is 0.750. The van der Waals surface area contributed by atoms with Gasteiger partial charge in [-0.2, -0.15) is 4.99 Å². The van der Waals surface area contributed by atoms with Crippen LogP contribution in [0, 0.1) is 0 Å². The molecule has 0 amide bonds. The SMILES string of the molecule is NC(N)=NC1=N[C@H]2CCCC[C@@H]2N1. The van der Waals surface area contributed by atoms with E-state index in [0.717, 1.165) is 6.42 Å². The third-order valence-corrected chi connectivity index (χ3v) is 2.57. The lowest BCUT2D eigenvalue weighted by Crippen LogP contribution is -2.37. The summed E-state index contributed by atoms with van der Waals surface area (Å²) in [5.41, 5.74) is 10.5. The molecule has 1 fully saturated rings. The lowest BCUT2D eigenvalue weighted by molar-refractivity contribution is 0.384. The minimum absolute atomic E-state index is 0.0740. The van der Waals surface area contributed by atoms with Gasteiger partial charge >= 0.3 is 0 Å². The van der Waals surface area contributed by atoms with E-state index >= 15 is 0 Å². The second-order valence-electron chi connectivity index (χ2n) is 3.59. The number of hydrogen-bond acceptors (Lipinski definition) is 3. The van der Waals surface area contributed by atoms with E-state index in [1.54, 1.807) is 0 Å². The van der Waals surface area contributed by atoms with Gasteiger partial charge in [0.15, 0.2) is 5.96 Å². The Bertz CT molecular complexity index is 253. The van der Waals surface area contributed by atoms with Crippen LogP contribution in [0.2, 0.25) is 0 Å². The molecular weight excluding hydrogens is 166 g/mol. The molecule has 0 aromatic carbocycles. The molecular formula is C8H15N5. The van der Waals surface area contributed by atoms with E-state index in [4.69, 9.17) is 11.5 Å². The van der Waals surface area contributed by atoms with Gasteiger partial charge in [-0.3, -0.25) is 0 Å². The Morgan fingerprint density at radius 3 is 2.85 bits per heavy atom. The fourth-order valence-corrected chi connectivity index (χ4v) is 1.98. The first kappa shape index (κ1) is 8.34. The van der Waals surface area contributed by atoms with Gasteiger partial charge in [-0.1, -0.05) is 12.8 Å². The Morgan fingerprint density at radius 1 is 1.38 bits per heavy atom. The average Bonchev–Trinajstić information content (AvgIpc) is 2.44. The molecule has 0 bridgehead atoms. The molecule has 5 N–H and O–H groups in total. The van der Waals surface area contributed by atoms with Gasteiger partial charge in [-0.25, -0.2) is 4.99 Å². The highest BCUT2D eigenvalue weighted by Crippen LogP contribution is 2.24. The summed E-state index contributed by atoms with van der Waals surface area (Å²) in [6, 6.07) is 0.860. The van der Waals surface area contributed by atoms with Crippen molar-refractivity contribution in [3.05, 3.63) is 0 Å². The van der Waals surface area contributed by atoms with Crippen LogP contribution in [0.1, 0.15) is 25.7 Å².